The van der Waals surface area contributed by atoms with E-state index >= 15 is 0 Å². The van der Waals surface area contributed by atoms with Crippen LogP contribution in [0.5, 0.6) is 0 Å². The maximum absolute atomic E-state index is 5.61. The highest BCUT2D eigenvalue weighted by molar-refractivity contribution is 7.99. The van der Waals surface area contributed by atoms with Gasteiger partial charge in [0.25, 0.3) is 0 Å². The maximum atomic E-state index is 5.61. The summed E-state index contributed by atoms with van der Waals surface area (Å²) in [7, 11) is 0. The molecule has 1 aromatic carbocycles. The molecule has 0 fully saturated rings. The molecule has 3 heteroatoms. The van der Waals surface area contributed by atoms with Gasteiger partial charge in [0.05, 0.1) is 5.52 Å². The molecule has 16 heavy (non-hydrogen) atoms. The first-order chi connectivity index (χ1) is 7.81. The van der Waals surface area contributed by atoms with Gasteiger partial charge in [-0.1, -0.05) is 31.2 Å². The number of aromatic nitrogens is 1. The molecule has 2 rings (SSSR count). The lowest BCUT2D eigenvalue weighted by atomic mass is 10.1. The number of nitrogens with zero attached hydrogens (tertiary/aromatic N) is 1. The third-order valence-corrected chi connectivity index (χ3v) is 3.81. The zero-order chi connectivity index (χ0) is 11.4. The molecule has 0 spiro atoms. The summed E-state index contributed by atoms with van der Waals surface area (Å²) in [6.07, 6.45) is 1.85. The van der Waals surface area contributed by atoms with Gasteiger partial charge >= 0.3 is 0 Å². The van der Waals surface area contributed by atoms with Crippen LogP contribution < -0.4 is 5.73 Å². The van der Waals surface area contributed by atoms with E-state index in [-0.39, 0.29) is 0 Å². The van der Waals surface area contributed by atoms with Crippen molar-refractivity contribution in [3.63, 3.8) is 0 Å². The summed E-state index contributed by atoms with van der Waals surface area (Å²) < 4.78 is 0. The van der Waals surface area contributed by atoms with E-state index in [9.17, 15) is 0 Å². The fraction of sp³-hybridized carbons (Fsp3) is 0.308. The van der Waals surface area contributed by atoms with Crippen LogP contribution in [0.15, 0.2) is 36.5 Å². The Hall–Kier alpha value is -1.06. The Morgan fingerprint density at radius 2 is 2.12 bits per heavy atom. The first-order valence-electron chi connectivity index (χ1n) is 5.45. The van der Waals surface area contributed by atoms with Crippen LogP contribution in [0.3, 0.4) is 0 Å². The Morgan fingerprint density at radius 3 is 2.94 bits per heavy atom. The molecule has 1 aromatic heterocycles. The molecule has 2 N–H and O–H groups in total. The molecule has 84 valence electrons. The molecule has 2 aromatic rings. The van der Waals surface area contributed by atoms with Crippen LogP contribution >= 0.6 is 11.8 Å². The van der Waals surface area contributed by atoms with Crippen LogP contribution in [0.2, 0.25) is 0 Å². The maximum Gasteiger partial charge on any atom is 0.0742 e. The standard InChI is InChI=1S/C13H16N2S/c1-10(8-14)16-9-12-5-2-4-11-6-3-7-15-13(11)12/h2-7,10H,8-9,14H2,1H3. The predicted octanol–water partition coefficient (Wildman–Crippen LogP) is 2.82. The second kappa shape index (κ2) is 5.32. The molecule has 0 bridgehead atoms. The van der Waals surface area contributed by atoms with Gasteiger partial charge in [-0.2, -0.15) is 11.8 Å². The van der Waals surface area contributed by atoms with Crippen LogP contribution in [-0.2, 0) is 5.75 Å². The lowest BCUT2D eigenvalue weighted by molar-refractivity contribution is 0.951. The number of hydrogen-bond donors (Lipinski definition) is 1. The highest BCUT2D eigenvalue weighted by Gasteiger charge is 2.04. The fourth-order valence-electron chi connectivity index (χ4n) is 1.58. The summed E-state index contributed by atoms with van der Waals surface area (Å²) in [6, 6.07) is 10.4. The van der Waals surface area contributed by atoms with Crippen molar-refractivity contribution in [2.75, 3.05) is 6.54 Å². The van der Waals surface area contributed by atoms with E-state index in [0.717, 1.165) is 17.8 Å². The Kier molecular flexibility index (Phi) is 3.80. The summed E-state index contributed by atoms with van der Waals surface area (Å²) in [5.41, 5.74) is 8.02. The first-order valence-corrected chi connectivity index (χ1v) is 6.50. The van der Waals surface area contributed by atoms with E-state index in [1.807, 2.05) is 24.0 Å². The Balaban J connectivity index is 2.23. The van der Waals surface area contributed by atoms with Crippen LogP contribution in [0.4, 0.5) is 0 Å². The molecular weight excluding hydrogens is 216 g/mol. The number of fused-ring (bicyclic) bond motifs is 1. The van der Waals surface area contributed by atoms with E-state index in [0.29, 0.717) is 5.25 Å². The molecule has 0 saturated carbocycles. The largest absolute Gasteiger partial charge is 0.329 e. The van der Waals surface area contributed by atoms with Crippen molar-refractivity contribution in [2.24, 2.45) is 5.73 Å². The third-order valence-electron chi connectivity index (χ3n) is 2.57. The van der Waals surface area contributed by atoms with E-state index < -0.39 is 0 Å². The van der Waals surface area contributed by atoms with Gasteiger partial charge in [0.1, 0.15) is 0 Å². The molecule has 0 aliphatic heterocycles. The van der Waals surface area contributed by atoms with E-state index in [1.54, 1.807) is 0 Å². The Morgan fingerprint density at radius 1 is 1.31 bits per heavy atom. The van der Waals surface area contributed by atoms with E-state index in [4.69, 9.17) is 5.73 Å². The lowest BCUT2D eigenvalue weighted by Crippen LogP contribution is -2.12. The number of nitrogens with two attached hydrogens (primary N) is 1. The van der Waals surface area contributed by atoms with Crippen molar-refractivity contribution in [2.45, 2.75) is 17.9 Å². The van der Waals surface area contributed by atoms with Crippen LogP contribution in [0.25, 0.3) is 10.9 Å². The minimum absolute atomic E-state index is 0.499. The van der Waals surface area contributed by atoms with Gasteiger partial charge in [0.15, 0.2) is 0 Å². The van der Waals surface area contributed by atoms with Crippen molar-refractivity contribution in [3.8, 4) is 0 Å². The van der Waals surface area contributed by atoms with Gasteiger partial charge in [-0.05, 0) is 11.6 Å². The van der Waals surface area contributed by atoms with Gasteiger partial charge in [0, 0.05) is 29.1 Å². The summed E-state index contributed by atoms with van der Waals surface area (Å²) in [4.78, 5) is 4.44. The molecule has 0 aliphatic rings. The SMILES string of the molecule is CC(CN)SCc1cccc2cccnc12. The smallest absolute Gasteiger partial charge is 0.0742 e. The summed E-state index contributed by atoms with van der Waals surface area (Å²) >= 11 is 1.88. The minimum atomic E-state index is 0.499. The first kappa shape index (κ1) is 11.4. The Bertz CT molecular complexity index is 465. The van der Waals surface area contributed by atoms with E-state index in [2.05, 4.69) is 36.2 Å². The van der Waals surface area contributed by atoms with Crippen LogP contribution in [0.1, 0.15) is 12.5 Å². The number of rotatable bonds is 4. The second-order valence-corrected chi connectivity index (χ2v) is 5.28. The average molecular weight is 232 g/mol. The summed E-state index contributed by atoms with van der Waals surface area (Å²) in [5.74, 6) is 0.979. The molecule has 0 aliphatic carbocycles. The summed E-state index contributed by atoms with van der Waals surface area (Å²) in [6.45, 7) is 2.88. The highest BCUT2D eigenvalue weighted by Crippen LogP contribution is 2.22. The Labute approximate surface area is 100 Å². The van der Waals surface area contributed by atoms with Gasteiger partial charge in [-0.3, -0.25) is 4.98 Å². The van der Waals surface area contributed by atoms with Gasteiger partial charge in [-0.25, -0.2) is 0 Å². The number of pyridine rings is 1. The predicted molar refractivity (Wildman–Crippen MR) is 71.6 cm³/mol. The second-order valence-electron chi connectivity index (χ2n) is 3.85. The average Bonchev–Trinajstić information content (AvgIpc) is 2.35. The number of thioether (sulfide) groups is 1. The highest BCUT2D eigenvalue weighted by atomic mass is 32.2. The van der Waals surface area contributed by atoms with E-state index in [1.165, 1.54) is 10.9 Å². The number of hydrogen-bond acceptors (Lipinski definition) is 3. The lowest BCUT2D eigenvalue weighted by Gasteiger charge is -2.09. The molecule has 1 atom stereocenters. The number of para-hydroxylation sites is 1. The summed E-state index contributed by atoms with van der Waals surface area (Å²) in [5, 5.41) is 1.71. The molecule has 0 radical (unpaired) electrons. The molecule has 1 heterocycles. The van der Waals surface area contributed by atoms with Gasteiger partial charge < -0.3 is 5.73 Å². The fourth-order valence-corrected chi connectivity index (χ4v) is 2.42. The van der Waals surface area contributed by atoms with Crippen LogP contribution in [-0.4, -0.2) is 16.8 Å². The zero-order valence-electron chi connectivity index (χ0n) is 9.39. The van der Waals surface area contributed by atoms with Gasteiger partial charge in [-0.15, -0.1) is 0 Å². The molecule has 2 nitrogen and oxygen atoms in total. The minimum Gasteiger partial charge on any atom is -0.329 e. The van der Waals surface area contributed by atoms with Crippen molar-refractivity contribution in [1.29, 1.82) is 0 Å². The molecule has 1 unspecified atom stereocenters. The molecule has 0 amide bonds. The van der Waals surface area contributed by atoms with Crippen molar-refractivity contribution < 1.29 is 0 Å². The quantitative estimate of drug-likeness (QED) is 0.881. The number of benzene rings is 1. The molecule has 0 saturated heterocycles. The van der Waals surface area contributed by atoms with Crippen molar-refractivity contribution >= 4 is 22.7 Å². The third kappa shape index (κ3) is 2.54. The topological polar surface area (TPSA) is 38.9 Å². The normalized spacial score (nSPS) is 12.9. The molecular formula is C13H16N2S. The van der Waals surface area contributed by atoms with Gasteiger partial charge in [0.2, 0.25) is 0 Å². The van der Waals surface area contributed by atoms with Crippen molar-refractivity contribution in [3.05, 3.63) is 42.1 Å². The van der Waals surface area contributed by atoms with Crippen LogP contribution in [0, 0.1) is 0 Å². The van der Waals surface area contributed by atoms with Crippen molar-refractivity contribution in [1.82, 2.24) is 4.98 Å². The monoisotopic (exact) mass is 232 g/mol. The zero-order valence-corrected chi connectivity index (χ0v) is 10.2.